The summed E-state index contributed by atoms with van der Waals surface area (Å²) in [5.41, 5.74) is 0.536. The van der Waals surface area contributed by atoms with Gasteiger partial charge in [-0.25, -0.2) is 4.79 Å². The van der Waals surface area contributed by atoms with E-state index in [2.05, 4.69) is 10.1 Å². The quantitative estimate of drug-likeness (QED) is 0.492. The van der Waals surface area contributed by atoms with Gasteiger partial charge in [-0.1, -0.05) is 36.4 Å². The van der Waals surface area contributed by atoms with Crippen LogP contribution in [0.2, 0.25) is 0 Å². The molecule has 1 aromatic heterocycles. The highest BCUT2D eigenvalue weighted by molar-refractivity contribution is 5.90. The SMILES string of the molecule is O=C(COC(=O)c1occc1COc1ccccc1)NCc1ccccc1OC(F)(F)F. The van der Waals surface area contributed by atoms with E-state index in [1.807, 2.05) is 6.07 Å². The minimum absolute atomic E-state index is 0.0487. The number of hydrogen-bond donors (Lipinski definition) is 1. The molecule has 0 radical (unpaired) electrons. The lowest BCUT2D eigenvalue weighted by atomic mass is 10.2. The highest BCUT2D eigenvalue weighted by Gasteiger charge is 2.32. The Kier molecular flexibility index (Phi) is 7.37. The smallest absolute Gasteiger partial charge is 0.489 e. The van der Waals surface area contributed by atoms with Crippen LogP contribution in [-0.2, 0) is 22.7 Å². The van der Waals surface area contributed by atoms with Crippen LogP contribution in [0.15, 0.2) is 71.3 Å². The molecule has 0 aliphatic carbocycles. The van der Waals surface area contributed by atoms with Crippen LogP contribution >= 0.6 is 0 Å². The zero-order valence-electron chi connectivity index (χ0n) is 16.6. The molecule has 0 bridgehead atoms. The van der Waals surface area contributed by atoms with Crippen molar-refractivity contribution >= 4 is 11.9 Å². The van der Waals surface area contributed by atoms with Crippen molar-refractivity contribution in [2.45, 2.75) is 19.5 Å². The van der Waals surface area contributed by atoms with Crippen LogP contribution in [-0.4, -0.2) is 24.8 Å². The molecule has 0 fully saturated rings. The van der Waals surface area contributed by atoms with Crippen LogP contribution in [0.25, 0.3) is 0 Å². The zero-order valence-corrected chi connectivity index (χ0v) is 16.6. The molecule has 0 aliphatic heterocycles. The first kappa shape index (κ1) is 22.7. The number of alkyl halides is 3. The maximum Gasteiger partial charge on any atom is 0.573 e. The van der Waals surface area contributed by atoms with Crippen LogP contribution in [0.1, 0.15) is 21.7 Å². The zero-order chi connectivity index (χ0) is 23.0. The predicted molar refractivity (Wildman–Crippen MR) is 105 cm³/mol. The lowest BCUT2D eigenvalue weighted by Crippen LogP contribution is -2.29. The highest BCUT2D eigenvalue weighted by Crippen LogP contribution is 2.26. The first-order chi connectivity index (χ1) is 15.3. The predicted octanol–water partition coefficient (Wildman–Crippen LogP) is 4.23. The number of amides is 1. The number of carbonyl (C=O) groups excluding carboxylic acids is 2. The summed E-state index contributed by atoms with van der Waals surface area (Å²) in [7, 11) is 0. The van der Waals surface area contributed by atoms with E-state index >= 15 is 0 Å². The van der Waals surface area contributed by atoms with Crippen LogP contribution in [0.4, 0.5) is 13.2 Å². The molecule has 10 heteroatoms. The van der Waals surface area contributed by atoms with Crippen LogP contribution in [0.5, 0.6) is 11.5 Å². The fraction of sp³-hybridized carbons (Fsp3) is 0.182. The summed E-state index contributed by atoms with van der Waals surface area (Å²) in [6.45, 7) is -0.854. The fourth-order valence-electron chi connectivity index (χ4n) is 2.62. The Morgan fingerprint density at radius 2 is 1.66 bits per heavy atom. The molecule has 168 valence electrons. The van der Waals surface area contributed by atoms with Gasteiger partial charge in [0.15, 0.2) is 6.61 Å². The van der Waals surface area contributed by atoms with Gasteiger partial charge in [-0.3, -0.25) is 4.79 Å². The van der Waals surface area contributed by atoms with Crippen LogP contribution in [0, 0.1) is 0 Å². The van der Waals surface area contributed by atoms with E-state index in [0.29, 0.717) is 11.3 Å². The van der Waals surface area contributed by atoms with Gasteiger partial charge in [-0.2, -0.15) is 0 Å². The van der Waals surface area contributed by atoms with Gasteiger partial charge in [0.25, 0.3) is 5.91 Å². The van der Waals surface area contributed by atoms with Gasteiger partial charge >= 0.3 is 12.3 Å². The second kappa shape index (κ2) is 10.4. The van der Waals surface area contributed by atoms with Crippen LogP contribution < -0.4 is 14.8 Å². The third-order valence-electron chi connectivity index (χ3n) is 4.08. The van der Waals surface area contributed by atoms with E-state index in [1.165, 1.54) is 30.5 Å². The molecule has 7 nitrogen and oxygen atoms in total. The summed E-state index contributed by atoms with van der Waals surface area (Å²) in [5.74, 6) is -1.54. The standard InChI is InChI=1S/C22H18F3NO6/c23-22(24,25)32-18-9-5-4-6-15(18)12-26-19(27)14-31-21(28)20-16(10-11-29-20)13-30-17-7-2-1-3-8-17/h1-11H,12-14H2,(H,26,27). The third kappa shape index (κ3) is 6.79. The number of esters is 1. The summed E-state index contributed by atoms with van der Waals surface area (Å²) in [4.78, 5) is 24.2. The van der Waals surface area contributed by atoms with Gasteiger partial charge in [0.2, 0.25) is 5.76 Å². The molecule has 1 N–H and O–H groups in total. The molecule has 1 amide bonds. The molecular formula is C22H18F3NO6. The number of rotatable bonds is 9. The Balaban J connectivity index is 1.49. The molecule has 1 heterocycles. The van der Waals surface area contributed by atoms with Crippen molar-refractivity contribution in [2.75, 3.05) is 6.61 Å². The fourth-order valence-corrected chi connectivity index (χ4v) is 2.62. The Morgan fingerprint density at radius 3 is 2.41 bits per heavy atom. The highest BCUT2D eigenvalue weighted by atomic mass is 19.4. The second-order valence-corrected chi connectivity index (χ2v) is 6.39. The molecule has 0 spiro atoms. The minimum Gasteiger partial charge on any atom is -0.489 e. The number of halogens is 3. The van der Waals surface area contributed by atoms with Crippen molar-refractivity contribution in [3.63, 3.8) is 0 Å². The van der Waals surface area contributed by atoms with Crippen molar-refractivity contribution in [2.24, 2.45) is 0 Å². The average Bonchev–Trinajstić information content (AvgIpc) is 3.24. The lowest BCUT2D eigenvalue weighted by molar-refractivity contribution is -0.274. The van der Waals surface area contributed by atoms with E-state index in [-0.39, 0.29) is 24.5 Å². The number of nitrogens with one attached hydrogen (secondary N) is 1. The number of para-hydroxylation sites is 2. The molecular weight excluding hydrogens is 431 g/mol. The number of ether oxygens (including phenoxy) is 3. The molecule has 0 unspecified atom stereocenters. The topological polar surface area (TPSA) is 87.0 Å². The molecule has 0 saturated heterocycles. The summed E-state index contributed by atoms with van der Waals surface area (Å²) >= 11 is 0. The van der Waals surface area contributed by atoms with E-state index in [9.17, 15) is 22.8 Å². The molecule has 0 aliphatic rings. The van der Waals surface area contributed by atoms with E-state index < -0.39 is 30.6 Å². The minimum atomic E-state index is -4.86. The molecule has 32 heavy (non-hydrogen) atoms. The van der Waals surface area contributed by atoms with Crippen molar-refractivity contribution in [1.29, 1.82) is 0 Å². The maximum atomic E-state index is 12.5. The van der Waals surface area contributed by atoms with Crippen molar-refractivity contribution in [3.05, 3.63) is 83.8 Å². The Bertz CT molecular complexity index is 1050. The third-order valence-corrected chi connectivity index (χ3v) is 4.08. The summed E-state index contributed by atoms with van der Waals surface area (Å²) < 4.78 is 56.9. The van der Waals surface area contributed by atoms with Crippen molar-refractivity contribution < 1.29 is 41.4 Å². The number of hydrogen-bond acceptors (Lipinski definition) is 6. The normalized spacial score (nSPS) is 11.0. The molecule has 3 rings (SSSR count). The van der Waals surface area contributed by atoms with Gasteiger partial charge in [-0.15, -0.1) is 13.2 Å². The van der Waals surface area contributed by atoms with Gasteiger partial charge in [0.05, 0.1) is 6.26 Å². The van der Waals surface area contributed by atoms with Gasteiger partial charge < -0.3 is 23.9 Å². The van der Waals surface area contributed by atoms with Crippen molar-refractivity contribution in [1.82, 2.24) is 5.32 Å². The molecule has 0 saturated carbocycles. The van der Waals surface area contributed by atoms with Crippen LogP contribution in [0.3, 0.4) is 0 Å². The Labute approximate surface area is 180 Å². The molecule has 3 aromatic rings. The number of benzene rings is 2. The summed E-state index contributed by atoms with van der Waals surface area (Å²) in [6, 6.07) is 15.8. The Hall–Kier alpha value is -3.95. The largest absolute Gasteiger partial charge is 0.573 e. The molecule has 0 atom stereocenters. The first-order valence-corrected chi connectivity index (χ1v) is 9.33. The van der Waals surface area contributed by atoms with Gasteiger partial charge in [-0.05, 0) is 24.3 Å². The van der Waals surface area contributed by atoms with E-state index in [0.717, 1.165) is 6.07 Å². The first-order valence-electron chi connectivity index (χ1n) is 9.33. The Morgan fingerprint density at radius 1 is 0.938 bits per heavy atom. The number of carbonyl (C=O) groups is 2. The maximum absolute atomic E-state index is 12.5. The number of furan rings is 1. The summed E-state index contributed by atoms with van der Waals surface area (Å²) in [6.07, 6.45) is -3.57. The lowest BCUT2D eigenvalue weighted by Gasteiger charge is -2.13. The second-order valence-electron chi connectivity index (χ2n) is 6.39. The monoisotopic (exact) mass is 449 g/mol. The molecule has 2 aromatic carbocycles. The average molecular weight is 449 g/mol. The summed E-state index contributed by atoms with van der Waals surface area (Å²) in [5, 5.41) is 2.37. The van der Waals surface area contributed by atoms with E-state index in [1.54, 1.807) is 24.3 Å². The van der Waals surface area contributed by atoms with E-state index in [4.69, 9.17) is 13.9 Å². The van der Waals surface area contributed by atoms with Crippen molar-refractivity contribution in [3.8, 4) is 11.5 Å². The van der Waals surface area contributed by atoms with Gasteiger partial charge in [0.1, 0.15) is 18.1 Å². The van der Waals surface area contributed by atoms with Gasteiger partial charge in [0, 0.05) is 17.7 Å².